The standard InChI is InChI=1S/C20H28BrN3O4Si/c1-29(2,3)10-9-27-15-24-11-17(18(21)22-24)20(26)13-23(14-20)19(25)28-12-16-7-5-4-6-8-16/h4-8,11,26H,9-10,12-15H2,1-3H3. The van der Waals surface area contributed by atoms with Gasteiger partial charge in [-0.2, -0.15) is 5.10 Å². The van der Waals surface area contributed by atoms with Gasteiger partial charge in [-0.15, -0.1) is 0 Å². The quantitative estimate of drug-likeness (QED) is 0.458. The molecular weight excluding hydrogens is 454 g/mol. The summed E-state index contributed by atoms with van der Waals surface area (Å²) in [5.41, 5.74) is 0.439. The molecule has 3 rings (SSSR count). The molecule has 1 aromatic heterocycles. The summed E-state index contributed by atoms with van der Waals surface area (Å²) >= 11 is 3.41. The molecule has 9 heteroatoms. The Morgan fingerprint density at radius 2 is 1.97 bits per heavy atom. The number of carbonyl (C=O) groups is 1. The van der Waals surface area contributed by atoms with Crippen molar-refractivity contribution < 1.29 is 19.4 Å². The van der Waals surface area contributed by atoms with Crippen LogP contribution >= 0.6 is 15.9 Å². The maximum absolute atomic E-state index is 12.2. The van der Waals surface area contributed by atoms with Crippen LogP contribution < -0.4 is 0 Å². The minimum Gasteiger partial charge on any atom is -0.445 e. The minimum atomic E-state index is -1.14. The fourth-order valence-corrected chi connectivity index (χ4v) is 4.44. The number of rotatable bonds is 8. The summed E-state index contributed by atoms with van der Waals surface area (Å²) in [4.78, 5) is 13.7. The lowest BCUT2D eigenvalue weighted by atomic mass is 9.89. The fourth-order valence-electron chi connectivity index (χ4n) is 3.01. The second kappa shape index (κ2) is 8.99. The Hall–Kier alpha value is -1.68. The second-order valence-corrected chi connectivity index (χ2v) is 15.0. The molecule has 1 N–H and O–H groups in total. The summed E-state index contributed by atoms with van der Waals surface area (Å²) in [7, 11) is -1.13. The predicted molar refractivity (Wildman–Crippen MR) is 116 cm³/mol. The van der Waals surface area contributed by atoms with Crippen LogP contribution in [0.2, 0.25) is 25.7 Å². The minimum absolute atomic E-state index is 0.168. The van der Waals surface area contributed by atoms with Crippen molar-refractivity contribution in [1.82, 2.24) is 14.7 Å². The number of nitrogens with zero attached hydrogens (tertiary/aromatic N) is 3. The van der Waals surface area contributed by atoms with Gasteiger partial charge in [0.2, 0.25) is 0 Å². The SMILES string of the molecule is C[Si](C)(C)CCOCn1cc(C2(O)CN(C(=O)OCc3ccccc3)C2)c(Br)n1. The van der Waals surface area contributed by atoms with Crippen LogP contribution in [0.15, 0.2) is 41.1 Å². The summed E-state index contributed by atoms with van der Waals surface area (Å²) in [5, 5.41) is 15.3. The van der Waals surface area contributed by atoms with E-state index in [4.69, 9.17) is 9.47 Å². The molecule has 29 heavy (non-hydrogen) atoms. The number of amides is 1. The van der Waals surface area contributed by atoms with E-state index in [1.807, 2.05) is 30.3 Å². The topological polar surface area (TPSA) is 76.8 Å². The van der Waals surface area contributed by atoms with Gasteiger partial charge in [0.05, 0.1) is 13.1 Å². The van der Waals surface area contributed by atoms with Crippen LogP contribution in [0.3, 0.4) is 0 Å². The molecule has 0 bridgehead atoms. The molecule has 0 unspecified atom stereocenters. The molecule has 0 atom stereocenters. The normalized spacial score (nSPS) is 15.8. The van der Waals surface area contributed by atoms with Crippen molar-refractivity contribution in [1.29, 1.82) is 0 Å². The Kier molecular flexibility index (Phi) is 6.82. The number of β-amino-alcohol motifs (C(OH)–C–C–N with tert-alkyl or cyclic N) is 1. The van der Waals surface area contributed by atoms with Crippen LogP contribution in [0.4, 0.5) is 4.79 Å². The first-order valence-electron chi connectivity index (χ1n) is 9.65. The molecule has 2 heterocycles. The van der Waals surface area contributed by atoms with Gasteiger partial charge in [-0.1, -0.05) is 50.0 Å². The highest BCUT2D eigenvalue weighted by Crippen LogP contribution is 2.36. The number of aromatic nitrogens is 2. The highest BCUT2D eigenvalue weighted by molar-refractivity contribution is 9.10. The molecule has 0 saturated carbocycles. The molecule has 1 aromatic carbocycles. The summed E-state index contributed by atoms with van der Waals surface area (Å²) < 4.78 is 13.3. The summed E-state index contributed by atoms with van der Waals surface area (Å²) in [6.45, 7) is 8.51. The number of benzene rings is 1. The van der Waals surface area contributed by atoms with Crippen molar-refractivity contribution >= 4 is 30.1 Å². The Labute approximate surface area is 180 Å². The average molecular weight is 482 g/mol. The molecule has 7 nitrogen and oxygen atoms in total. The number of hydrogen-bond donors (Lipinski definition) is 1. The number of hydrogen-bond acceptors (Lipinski definition) is 5. The van der Waals surface area contributed by atoms with Crippen LogP contribution in [0.5, 0.6) is 0 Å². The molecule has 1 fully saturated rings. The van der Waals surface area contributed by atoms with E-state index in [-0.39, 0.29) is 19.7 Å². The highest BCUT2D eigenvalue weighted by Gasteiger charge is 2.47. The fraction of sp³-hybridized carbons (Fsp3) is 0.500. The lowest BCUT2D eigenvalue weighted by Gasteiger charge is -2.45. The number of aliphatic hydroxyl groups is 1. The lowest BCUT2D eigenvalue weighted by Crippen LogP contribution is -2.61. The van der Waals surface area contributed by atoms with Crippen molar-refractivity contribution in [3.8, 4) is 0 Å². The average Bonchev–Trinajstić information content (AvgIpc) is 3.02. The van der Waals surface area contributed by atoms with E-state index in [1.165, 1.54) is 4.90 Å². The van der Waals surface area contributed by atoms with Gasteiger partial charge < -0.3 is 19.5 Å². The third-order valence-electron chi connectivity index (χ3n) is 4.81. The van der Waals surface area contributed by atoms with Crippen molar-refractivity contribution in [2.24, 2.45) is 0 Å². The zero-order valence-electron chi connectivity index (χ0n) is 17.1. The van der Waals surface area contributed by atoms with Crippen molar-refractivity contribution in [3.05, 3.63) is 52.3 Å². The van der Waals surface area contributed by atoms with E-state index in [1.54, 1.807) is 10.9 Å². The van der Waals surface area contributed by atoms with Crippen LogP contribution in [0.1, 0.15) is 11.1 Å². The van der Waals surface area contributed by atoms with E-state index < -0.39 is 19.8 Å². The summed E-state index contributed by atoms with van der Waals surface area (Å²) in [6, 6.07) is 10.6. The van der Waals surface area contributed by atoms with Gasteiger partial charge in [0.15, 0.2) is 0 Å². The van der Waals surface area contributed by atoms with Crippen LogP contribution in [0.25, 0.3) is 0 Å². The molecule has 158 valence electrons. The van der Waals surface area contributed by atoms with Crippen LogP contribution in [-0.4, -0.2) is 53.7 Å². The van der Waals surface area contributed by atoms with Gasteiger partial charge in [-0.3, -0.25) is 0 Å². The van der Waals surface area contributed by atoms with E-state index in [0.717, 1.165) is 11.6 Å². The molecule has 0 spiro atoms. The summed E-state index contributed by atoms with van der Waals surface area (Å²) in [5.74, 6) is 0. The van der Waals surface area contributed by atoms with E-state index in [0.29, 0.717) is 23.5 Å². The van der Waals surface area contributed by atoms with E-state index >= 15 is 0 Å². The molecule has 0 aliphatic carbocycles. The van der Waals surface area contributed by atoms with Crippen molar-refractivity contribution in [2.45, 2.75) is 44.6 Å². The molecule has 1 amide bonds. The molecule has 0 radical (unpaired) electrons. The van der Waals surface area contributed by atoms with Crippen molar-refractivity contribution in [3.63, 3.8) is 0 Å². The predicted octanol–water partition coefficient (Wildman–Crippen LogP) is 3.80. The third kappa shape index (κ3) is 5.91. The Morgan fingerprint density at radius 3 is 2.62 bits per heavy atom. The zero-order chi connectivity index (χ0) is 21.1. The first-order valence-corrected chi connectivity index (χ1v) is 14.2. The van der Waals surface area contributed by atoms with Gasteiger partial charge in [0.25, 0.3) is 0 Å². The molecular formula is C20H28BrN3O4Si. The van der Waals surface area contributed by atoms with Crippen LogP contribution in [0, 0.1) is 0 Å². The largest absolute Gasteiger partial charge is 0.445 e. The van der Waals surface area contributed by atoms with Gasteiger partial charge in [-0.25, -0.2) is 9.48 Å². The number of halogens is 1. The van der Waals surface area contributed by atoms with Gasteiger partial charge in [-0.05, 0) is 27.5 Å². The van der Waals surface area contributed by atoms with Gasteiger partial charge >= 0.3 is 6.09 Å². The van der Waals surface area contributed by atoms with E-state index in [9.17, 15) is 9.90 Å². The Morgan fingerprint density at radius 1 is 1.28 bits per heavy atom. The molecule has 1 aliphatic rings. The van der Waals surface area contributed by atoms with Crippen LogP contribution in [-0.2, 0) is 28.4 Å². The monoisotopic (exact) mass is 481 g/mol. The summed E-state index contributed by atoms with van der Waals surface area (Å²) in [6.07, 6.45) is 1.34. The third-order valence-corrected chi connectivity index (χ3v) is 7.10. The van der Waals surface area contributed by atoms with Gasteiger partial charge in [0.1, 0.15) is 23.5 Å². The highest BCUT2D eigenvalue weighted by atomic mass is 79.9. The number of carbonyl (C=O) groups excluding carboxylic acids is 1. The smallest absolute Gasteiger partial charge is 0.410 e. The first-order chi connectivity index (χ1) is 13.7. The second-order valence-electron chi connectivity index (χ2n) is 8.65. The van der Waals surface area contributed by atoms with E-state index in [2.05, 4.69) is 40.7 Å². The Bertz CT molecular complexity index is 832. The maximum Gasteiger partial charge on any atom is 0.410 e. The maximum atomic E-state index is 12.2. The molecule has 1 aliphatic heterocycles. The zero-order valence-corrected chi connectivity index (χ0v) is 19.7. The molecule has 2 aromatic rings. The van der Waals surface area contributed by atoms with Crippen molar-refractivity contribution in [2.75, 3.05) is 19.7 Å². The lowest BCUT2D eigenvalue weighted by molar-refractivity contribution is -0.0954. The number of likely N-dealkylation sites (tertiary alicyclic amines) is 1. The Balaban J connectivity index is 1.49. The van der Waals surface area contributed by atoms with Gasteiger partial charge in [0, 0.05) is 26.4 Å². The molecule has 1 saturated heterocycles. The first kappa shape index (κ1) is 22.0. The number of ether oxygens (including phenoxy) is 2.